The van der Waals surface area contributed by atoms with E-state index >= 15 is 0 Å². The van der Waals surface area contributed by atoms with Gasteiger partial charge in [0, 0.05) is 0 Å². The number of hydrogen-bond acceptors (Lipinski definition) is 9. The van der Waals surface area contributed by atoms with Crippen LogP contribution in [0.4, 0.5) is 5.69 Å². The molecule has 0 bridgehead atoms. The highest BCUT2D eigenvalue weighted by Gasteiger charge is 2.24. The summed E-state index contributed by atoms with van der Waals surface area (Å²) in [4.78, 5) is 33.1. The lowest BCUT2D eigenvalue weighted by Crippen LogP contribution is -2.06. The van der Waals surface area contributed by atoms with Crippen LogP contribution in [0.3, 0.4) is 0 Å². The summed E-state index contributed by atoms with van der Waals surface area (Å²) in [6.45, 7) is 7.29. The summed E-state index contributed by atoms with van der Waals surface area (Å²) in [6, 6.07) is 0. The first-order valence-corrected chi connectivity index (χ1v) is 9.62. The van der Waals surface area contributed by atoms with Crippen LogP contribution in [0.1, 0.15) is 39.4 Å². The number of hydrogen-bond donors (Lipinski definition) is 0. The Kier molecular flexibility index (Phi) is 4.49. The van der Waals surface area contributed by atoms with Crippen molar-refractivity contribution in [2.45, 2.75) is 34.2 Å². The molecule has 0 atom stereocenters. The summed E-state index contributed by atoms with van der Waals surface area (Å²) < 4.78 is 8.16. The number of nitro groups is 1. The molecule has 0 N–H and O–H groups in total. The SMILES string of the molecule is CCOC(=O)c1sc2ncn3nc(Cn4nc(C)c([N+](=O)[O-])c4C)nc3c2c1C. The number of nitrogens with zero attached hydrogens (tertiary/aromatic N) is 7. The van der Waals surface area contributed by atoms with Gasteiger partial charge in [-0.25, -0.2) is 19.3 Å². The molecular weight excluding hydrogens is 398 g/mol. The summed E-state index contributed by atoms with van der Waals surface area (Å²) in [5.74, 6) is 0.0453. The molecule has 0 unspecified atom stereocenters. The van der Waals surface area contributed by atoms with Gasteiger partial charge in [0.2, 0.25) is 0 Å². The maximum atomic E-state index is 12.2. The molecule has 4 rings (SSSR count). The van der Waals surface area contributed by atoms with Crippen LogP contribution >= 0.6 is 11.3 Å². The Morgan fingerprint density at radius 2 is 2.07 bits per heavy atom. The van der Waals surface area contributed by atoms with Crippen LogP contribution in [-0.4, -0.2) is 46.9 Å². The van der Waals surface area contributed by atoms with Crippen molar-refractivity contribution in [1.29, 1.82) is 0 Å². The van der Waals surface area contributed by atoms with Crippen molar-refractivity contribution in [3.8, 4) is 0 Å². The van der Waals surface area contributed by atoms with E-state index in [4.69, 9.17) is 4.74 Å². The second kappa shape index (κ2) is 6.88. The fourth-order valence-corrected chi connectivity index (χ4v) is 4.31. The van der Waals surface area contributed by atoms with E-state index in [1.165, 1.54) is 26.9 Å². The lowest BCUT2D eigenvalue weighted by Gasteiger charge is -1.99. The largest absolute Gasteiger partial charge is 0.462 e. The third-order valence-corrected chi connectivity index (χ3v) is 5.77. The number of carbonyl (C=O) groups is 1. The van der Waals surface area contributed by atoms with Gasteiger partial charge in [0.1, 0.15) is 34.0 Å². The second-order valence-corrected chi connectivity index (χ2v) is 7.43. The first-order valence-electron chi connectivity index (χ1n) is 8.80. The standard InChI is InChI=1S/C17H17N7O4S/c1-5-28-17(25)14-8(2)12-15-19-11(21-23(15)7-18-16(12)29-14)6-22-10(4)13(24(26)27)9(3)20-22/h7H,5-6H2,1-4H3. The molecule has 0 aliphatic heterocycles. The van der Waals surface area contributed by atoms with E-state index < -0.39 is 4.92 Å². The van der Waals surface area contributed by atoms with E-state index in [0.717, 1.165) is 10.9 Å². The van der Waals surface area contributed by atoms with E-state index in [1.807, 2.05) is 6.92 Å². The predicted molar refractivity (Wildman–Crippen MR) is 104 cm³/mol. The molecule has 0 aliphatic rings. The lowest BCUT2D eigenvalue weighted by atomic mass is 10.2. The molecule has 0 aliphatic carbocycles. The zero-order valence-corrected chi connectivity index (χ0v) is 17.0. The quantitative estimate of drug-likeness (QED) is 0.276. The molecule has 4 aromatic heterocycles. The number of aryl methyl sites for hydroxylation is 2. The van der Waals surface area contributed by atoms with E-state index in [-0.39, 0.29) is 18.2 Å². The van der Waals surface area contributed by atoms with Crippen LogP contribution in [0.25, 0.3) is 15.9 Å². The number of esters is 1. The van der Waals surface area contributed by atoms with Gasteiger partial charge in [0.15, 0.2) is 11.5 Å². The van der Waals surface area contributed by atoms with E-state index in [1.54, 1.807) is 20.8 Å². The van der Waals surface area contributed by atoms with Crippen molar-refractivity contribution in [2.24, 2.45) is 0 Å². The average molecular weight is 415 g/mol. The van der Waals surface area contributed by atoms with Crippen molar-refractivity contribution < 1.29 is 14.5 Å². The third-order valence-electron chi connectivity index (χ3n) is 4.59. The molecule has 0 saturated heterocycles. The average Bonchev–Trinajstić information content (AvgIpc) is 3.29. The van der Waals surface area contributed by atoms with Crippen LogP contribution < -0.4 is 0 Å². The fourth-order valence-electron chi connectivity index (χ4n) is 3.28. The van der Waals surface area contributed by atoms with Crippen LogP contribution in [0.5, 0.6) is 0 Å². The van der Waals surface area contributed by atoms with Crippen molar-refractivity contribution in [2.75, 3.05) is 6.61 Å². The summed E-state index contributed by atoms with van der Waals surface area (Å²) in [5, 5.41) is 20.6. The van der Waals surface area contributed by atoms with Gasteiger partial charge >= 0.3 is 11.7 Å². The Bertz CT molecular complexity index is 1290. The minimum atomic E-state index is -0.440. The van der Waals surface area contributed by atoms with Crippen molar-refractivity contribution in [3.05, 3.63) is 44.1 Å². The fraction of sp³-hybridized carbons (Fsp3) is 0.353. The maximum absolute atomic E-state index is 12.2. The molecule has 29 heavy (non-hydrogen) atoms. The second-order valence-electron chi connectivity index (χ2n) is 6.43. The van der Waals surface area contributed by atoms with Gasteiger partial charge < -0.3 is 4.74 Å². The molecule has 0 aromatic carbocycles. The van der Waals surface area contributed by atoms with Crippen LogP contribution in [0.15, 0.2) is 6.33 Å². The molecule has 0 spiro atoms. The number of aromatic nitrogens is 6. The van der Waals surface area contributed by atoms with Gasteiger partial charge in [-0.3, -0.25) is 14.8 Å². The molecule has 4 heterocycles. The molecule has 0 amide bonds. The Balaban J connectivity index is 1.79. The number of ether oxygens (including phenoxy) is 1. The zero-order chi connectivity index (χ0) is 20.9. The first-order chi connectivity index (χ1) is 13.8. The Morgan fingerprint density at radius 3 is 2.72 bits per heavy atom. The number of fused-ring (bicyclic) bond motifs is 3. The normalized spacial score (nSPS) is 11.4. The Morgan fingerprint density at radius 1 is 1.31 bits per heavy atom. The smallest absolute Gasteiger partial charge is 0.348 e. The summed E-state index contributed by atoms with van der Waals surface area (Å²) >= 11 is 1.25. The molecule has 150 valence electrons. The van der Waals surface area contributed by atoms with Gasteiger partial charge in [-0.2, -0.15) is 5.10 Å². The summed E-state index contributed by atoms with van der Waals surface area (Å²) in [6.07, 6.45) is 1.53. The van der Waals surface area contributed by atoms with Crippen LogP contribution in [0.2, 0.25) is 0 Å². The molecule has 0 radical (unpaired) electrons. The highest BCUT2D eigenvalue weighted by atomic mass is 32.1. The number of thiophene rings is 1. The van der Waals surface area contributed by atoms with Gasteiger partial charge in [-0.1, -0.05) is 0 Å². The van der Waals surface area contributed by atoms with Crippen LogP contribution in [0, 0.1) is 30.9 Å². The van der Waals surface area contributed by atoms with Gasteiger partial charge in [0.05, 0.1) is 16.9 Å². The molecular formula is C17H17N7O4S. The molecule has 12 heteroatoms. The summed E-state index contributed by atoms with van der Waals surface area (Å²) in [5.41, 5.74) is 2.07. The minimum Gasteiger partial charge on any atom is -0.462 e. The number of carbonyl (C=O) groups excluding carboxylic acids is 1. The van der Waals surface area contributed by atoms with E-state index in [2.05, 4.69) is 20.2 Å². The highest BCUT2D eigenvalue weighted by Crippen LogP contribution is 2.32. The molecule has 4 aromatic rings. The first kappa shape index (κ1) is 18.9. The zero-order valence-electron chi connectivity index (χ0n) is 16.2. The van der Waals surface area contributed by atoms with Gasteiger partial charge in [-0.15, -0.1) is 16.4 Å². The van der Waals surface area contributed by atoms with E-state index in [0.29, 0.717) is 39.2 Å². The number of rotatable bonds is 5. The van der Waals surface area contributed by atoms with Crippen molar-refractivity contribution in [1.82, 2.24) is 29.4 Å². The molecule has 0 saturated carbocycles. The summed E-state index contributed by atoms with van der Waals surface area (Å²) in [7, 11) is 0. The predicted octanol–water partition coefficient (Wildman–Crippen LogP) is 2.59. The minimum absolute atomic E-state index is 0.00872. The van der Waals surface area contributed by atoms with Crippen LogP contribution in [-0.2, 0) is 11.3 Å². The molecule has 0 fully saturated rings. The lowest BCUT2D eigenvalue weighted by molar-refractivity contribution is -0.386. The Hall–Kier alpha value is -3.41. The topological polar surface area (TPSA) is 130 Å². The highest BCUT2D eigenvalue weighted by molar-refractivity contribution is 7.20. The van der Waals surface area contributed by atoms with Crippen molar-refractivity contribution in [3.63, 3.8) is 0 Å². The van der Waals surface area contributed by atoms with Gasteiger partial charge in [0.25, 0.3) is 0 Å². The Labute approximate surface area is 168 Å². The van der Waals surface area contributed by atoms with E-state index in [9.17, 15) is 14.9 Å². The van der Waals surface area contributed by atoms with Gasteiger partial charge in [-0.05, 0) is 33.3 Å². The monoisotopic (exact) mass is 415 g/mol. The molecule has 11 nitrogen and oxygen atoms in total. The maximum Gasteiger partial charge on any atom is 0.348 e. The van der Waals surface area contributed by atoms with Crippen molar-refractivity contribution >= 4 is 38.9 Å². The third kappa shape index (κ3) is 3.01.